The van der Waals surface area contributed by atoms with Gasteiger partial charge in [-0.05, 0) is 78.3 Å². The number of nitrogens with one attached hydrogen (secondary N) is 1. The van der Waals surface area contributed by atoms with Gasteiger partial charge in [0.05, 0.1) is 11.8 Å². The Labute approximate surface area is 129 Å². The van der Waals surface area contributed by atoms with Gasteiger partial charge >= 0.3 is 0 Å². The molecule has 3 nitrogen and oxygen atoms in total. The molecule has 0 amide bonds. The molecule has 1 aromatic rings. The highest BCUT2D eigenvalue weighted by atomic mass is 79.9. The maximum Gasteiger partial charge on any atom is 0.0687 e. The van der Waals surface area contributed by atoms with Gasteiger partial charge in [-0.2, -0.15) is 0 Å². The van der Waals surface area contributed by atoms with Crippen molar-refractivity contribution < 1.29 is 5.11 Å². The van der Waals surface area contributed by atoms with Crippen LogP contribution in [0.15, 0.2) is 10.5 Å². The van der Waals surface area contributed by atoms with Crippen LogP contribution >= 0.6 is 15.9 Å². The minimum absolute atomic E-state index is 0.284. The van der Waals surface area contributed by atoms with Gasteiger partial charge in [0.25, 0.3) is 0 Å². The number of hydrogen-bond donors (Lipinski definition) is 2. The highest BCUT2D eigenvalue weighted by molar-refractivity contribution is 9.10. The van der Waals surface area contributed by atoms with Crippen LogP contribution in [-0.2, 0) is 19.3 Å². The lowest BCUT2D eigenvalue weighted by molar-refractivity contribution is 0.199. The van der Waals surface area contributed by atoms with Crippen molar-refractivity contribution in [2.24, 2.45) is 0 Å². The quantitative estimate of drug-likeness (QED) is 0.868. The van der Waals surface area contributed by atoms with Crippen LogP contribution in [0, 0.1) is 0 Å². The smallest absolute Gasteiger partial charge is 0.0687 e. The zero-order valence-corrected chi connectivity index (χ0v) is 13.7. The second-order valence-electron chi connectivity index (χ2n) is 5.98. The number of anilines is 1. The van der Waals surface area contributed by atoms with E-state index in [2.05, 4.69) is 32.2 Å². The topological polar surface area (TPSA) is 35.5 Å². The lowest BCUT2D eigenvalue weighted by atomic mass is 9.93. The van der Waals surface area contributed by atoms with Gasteiger partial charge in [0, 0.05) is 17.6 Å². The summed E-state index contributed by atoms with van der Waals surface area (Å²) in [4.78, 5) is 2.35. The molecule has 0 unspecified atom stereocenters. The Morgan fingerprint density at radius 2 is 2.10 bits per heavy atom. The molecule has 2 N–H and O–H groups in total. The number of nitrogens with zero attached hydrogens (tertiary/aromatic N) is 1. The Bertz CT molecular complexity index is 502. The first-order valence-electron chi connectivity index (χ1n) is 7.63. The van der Waals surface area contributed by atoms with Crippen LogP contribution in [0.3, 0.4) is 0 Å². The summed E-state index contributed by atoms with van der Waals surface area (Å²) >= 11 is 3.87. The second kappa shape index (κ2) is 6.04. The molecule has 0 spiro atoms. The first kappa shape index (κ1) is 14.4. The highest BCUT2D eigenvalue weighted by Gasteiger charge is 2.24. The minimum atomic E-state index is -0.284. The third-order valence-corrected chi connectivity index (χ3v) is 5.17. The Hall–Kier alpha value is -0.580. The van der Waals surface area contributed by atoms with Crippen molar-refractivity contribution in [2.75, 3.05) is 31.1 Å². The van der Waals surface area contributed by atoms with Gasteiger partial charge in [0.2, 0.25) is 0 Å². The molecule has 4 heteroatoms. The molecule has 0 aliphatic carbocycles. The Morgan fingerprint density at radius 3 is 2.90 bits per heavy atom. The number of aliphatic hydroxyl groups excluding tert-OH is 1. The number of aryl methyl sites for hydroxylation is 1. The molecule has 0 aromatic heterocycles. The highest BCUT2D eigenvalue weighted by Crippen LogP contribution is 2.39. The number of fused-ring (bicyclic) bond motifs is 2. The molecule has 0 bridgehead atoms. The summed E-state index contributed by atoms with van der Waals surface area (Å²) in [5.74, 6) is 0. The molecular formula is C16H23BrN2O. The fraction of sp³-hybridized carbons (Fsp3) is 0.625. The number of halogens is 1. The van der Waals surface area contributed by atoms with Crippen molar-refractivity contribution in [3.8, 4) is 0 Å². The Kier molecular flexibility index (Phi) is 4.34. The van der Waals surface area contributed by atoms with Crippen LogP contribution in [0.5, 0.6) is 0 Å². The molecule has 20 heavy (non-hydrogen) atoms. The van der Waals surface area contributed by atoms with Crippen LogP contribution < -0.4 is 10.2 Å². The largest absolute Gasteiger partial charge is 0.392 e. The zero-order chi connectivity index (χ0) is 14.1. The number of rotatable bonds is 2. The van der Waals surface area contributed by atoms with E-state index in [0.717, 1.165) is 45.4 Å². The van der Waals surface area contributed by atoms with E-state index >= 15 is 0 Å². The third kappa shape index (κ3) is 2.74. The van der Waals surface area contributed by atoms with Gasteiger partial charge in [-0.3, -0.25) is 0 Å². The van der Waals surface area contributed by atoms with E-state index in [-0.39, 0.29) is 6.10 Å². The molecule has 1 atom stereocenters. The molecule has 110 valence electrons. The average Bonchev–Trinajstić information content (AvgIpc) is 2.63. The van der Waals surface area contributed by atoms with Crippen molar-refractivity contribution >= 4 is 21.6 Å². The number of β-amino-alcohol motifs (C(OH)–C–C–N with tert-alkyl or cyclic N) is 1. The maximum atomic E-state index is 9.74. The molecule has 0 fully saturated rings. The normalized spacial score (nSPS) is 20.1. The van der Waals surface area contributed by atoms with E-state index in [4.69, 9.17) is 0 Å². The van der Waals surface area contributed by atoms with E-state index in [1.807, 2.05) is 6.92 Å². The SMILES string of the molecule is C[C@H](O)CN1CCCc2cc3c(c(Br)c21)CCNCC3. The summed E-state index contributed by atoms with van der Waals surface area (Å²) in [6.45, 7) is 5.78. The van der Waals surface area contributed by atoms with Crippen molar-refractivity contribution in [1.82, 2.24) is 5.32 Å². The van der Waals surface area contributed by atoms with Crippen LogP contribution in [0.4, 0.5) is 5.69 Å². The summed E-state index contributed by atoms with van der Waals surface area (Å²) in [6, 6.07) is 2.41. The van der Waals surface area contributed by atoms with Gasteiger partial charge in [0.1, 0.15) is 0 Å². The summed E-state index contributed by atoms with van der Waals surface area (Å²) in [5, 5.41) is 13.2. The summed E-state index contributed by atoms with van der Waals surface area (Å²) in [6.07, 6.45) is 4.27. The predicted molar refractivity (Wildman–Crippen MR) is 86.6 cm³/mol. The third-order valence-electron chi connectivity index (χ3n) is 4.31. The lowest BCUT2D eigenvalue weighted by Gasteiger charge is -2.34. The average molecular weight is 339 g/mol. The lowest BCUT2D eigenvalue weighted by Crippen LogP contribution is -2.35. The van der Waals surface area contributed by atoms with Crippen molar-refractivity contribution in [3.05, 3.63) is 27.2 Å². The summed E-state index contributed by atoms with van der Waals surface area (Å²) in [5.41, 5.74) is 5.74. The van der Waals surface area contributed by atoms with E-state index in [9.17, 15) is 5.11 Å². The first-order chi connectivity index (χ1) is 9.66. The molecule has 2 aliphatic heterocycles. The van der Waals surface area contributed by atoms with Crippen LogP contribution in [0.2, 0.25) is 0 Å². The van der Waals surface area contributed by atoms with Crippen LogP contribution in [0.1, 0.15) is 30.0 Å². The number of hydrogen-bond acceptors (Lipinski definition) is 3. The van der Waals surface area contributed by atoms with Gasteiger partial charge in [-0.25, -0.2) is 0 Å². The van der Waals surface area contributed by atoms with Crippen molar-refractivity contribution in [2.45, 2.75) is 38.7 Å². The van der Waals surface area contributed by atoms with Crippen molar-refractivity contribution in [1.29, 1.82) is 0 Å². The molecule has 0 saturated heterocycles. The second-order valence-corrected chi connectivity index (χ2v) is 6.78. The number of benzene rings is 1. The van der Waals surface area contributed by atoms with Gasteiger partial charge in [0.15, 0.2) is 0 Å². The van der Waals surface area contributed by atoms with E-state index in [0.29, 0.717) is 0 Å². The monoisotopic (exact) mass is 338 g/mol. The van der Waals surface area contributed by atoms with E-state index in [1.165, 1.54) is 33.3 Å². The summed E-state index contributed by atoms with van der Waals surface area (Å²) < 4.78 is 1.27. The van der Waals surface area contributed by atoms with Gasteiger partial charge < -0.3 is 15.3 Å². The van der Waals surface area contributed by atoms with Crippen LogP contribution in [-0.4, -0.2) is 37.4 Å². The molecule has 3 rings (SSSR count). The van der Waals surface area contributed by atoms with E-state index < -0.39 is 0 Å². The number of aliphatic hydroxyl groups is 1. The fourth-order valence-corrected chi connectivity index (χ4v) is 4.41. The van der Waals surface area contributed by atoms with Gasteiger partial charge in [-0.15, -0.1) is 0 Å². The van der Waals surface area contributed by atoms with Gasteiger partial charge in [-0.1, -0.05) is 6.07 Å². The maximum absolute atomic E-state index is 9.74. The summed E-state index contributed by atoms with van der Waals surface area (Å²) in [7, 11) is 0. The first-order valence-corrected chi connectivity index (χ1v) is 8.43. The molecule has 1 aromatic carbocycles. The fourth-order valence-electron chi connectivity index (χ4n) is 3.45. The Balaban J connectivity index is 2.04. The molecule has 2 heterocycles. The predicted octanol–water partition coefficient (Wildman–Crippen LogP) is 2.27. The molecule has 2 aliphatic rings. The minimum Gasteiger partial charge on any atom is -0.392 e. The van der Waals surface area contributed by atoms with Crippen molar-refractivity contribution in [3.63, 3.8) is 0 Å². The Morgan fingerprint density at radius 1 is 1.30 bits per heavy atom. The van der Waals surface area contributed by atoms with E-state index in [1.54, 1.807) is 0 Å². The molecular weight excluding hydrogens is 316 g/mol. The molecule has 0 saturated carbocycles. The standard InChI is InChI=1S/C16H23BrN2O/c1-11(20)10-19-8-2-3-13-9-12-4-6-18-7-5-14(12)15(17)16(13)19/h9,11,18,20H,2-8,10H2,1H3/t11-/m0/s1. The molecule has 0 radical (unpaired) electrons. The zero-order valence-electron chi connectivity index (χ0n) is 12.1. The van der Waals surface area contributed by atoms with Crippen LogP contribution in [0.25, 0.3) is 0 Å².